The number of anilines is 1. The van der Waals surface area contributed by atoms with Gasteiger partial charge in [0, 0.05) is 38.8 Å². The second kappa shape index (κ2) is 6.26. The lowest BCUT2D eigenvalue weighted by molar-refractivity contribution is 0.104. The van der Waals surface area contributed by atoms with Gasteiger partial charge in [-0.25, -0.2) is 0 Å². The normalized spacial score (nSPS) is 17.9. The van der Waals surface area contributed by atoms with E-state index in [1.807, 2.05) is 12.1 Å². The molecule has 0 radical (unpaired) electrons. The Balaban J connectivity index is 1.96. The number of nitrogens with two attached hydrogens (primary N) is 1. The van der Waals surface area contributed by atoms with E-state index in [9.17, 15) is 0 Å². The van der Waals surface area contributed by atoms with Crippen molar-refractivity contribution in [3.05, 3.63) is 23.8 Å². The first kappa shape index (κ1) is 14.2. The van der Waals surface area contributed by atoms with Crippen molar-refractivity contribution in [3.8, 4) is 5.75 Å². The van der Waals surface area contributed by atoms with Crippen molar-refractivity contribution in [1.29, 1.82) is 0 Å². The molecule has 1 aromatic carbocycles. The molecule has 1 saturated heterocycles. The Kier molecular flexibility index (Phi) is 4.66. The standard InChI is InChI=1S/C15H25N3O/c1-12(2)18-9-7-17(8-10-18)11-13-5-4-6-14(19-3)15(13)16/h4-6,12H,7-11,16H2,1-3H3. The fourth-order valence-electron chi connectivity index (χ4n) is 2.58. The van der Waals surface area contributed by atoms with Crippen molar-refractivity contribution in [2.45, 2.75) is 26.4 Å². The first-order valence-corrected chi connectivity index (χ1v) is 6.99. The van der Waals surface area contributed by atoms with Gasteiger partial charge in [0.2, 0.25) is 0 Å². The third-order valence-electron chi connectivity index (χ3n) is 3.91. The van der Waals surface area contributed by atoms with E-state index in [0.717, 1.165) is 49.7 Å². The van der Waals surface area contributed by atoms with Crippen LogP contribution in [0.2, 0.25) is 0 Å². The Morgan fingerprint density at radius 1 is 1.21 bits per heavy atom. The van der Waals surface area contributed by atoms with Crippen molar-refractivity contribution in [3.63, 3.8) is 0 Å². The number of nitrogens with zero attached hydrogens (tertiary/aromatic N) is 2. The van der Waals surface area contributed by atoms with E-state index in [1.165, 1.54) is 0 Å². The largest absolute Gasteiger partial charge is 0.495 e. The molecule has 0 amide bonds. The van der Waals surface area contributed by atoms with Crippen LogP contribution >= 0.6 is 0 Å². The number of para-hydroxylation sites is 1. The van der Waals surface area contributed by atoms with E-state index < -0.39 is 0 Å². The molecule has 1 aromatic rings. The summed E-state index contributed by atoms with van der Waals surface area (Å²) in [4.78, 5) is 4.98. The van der Waals surface area contributed by atoms with Gasteiger partial charge in [0.25, 0.3) is 0 Å². The van der Waals surface area contributed by atoms with Gasteiger partial charge in [0.15, 0.2) is 0 Å². The molecule has 4 heteroatoms. The molecule has 4 nitrogen and oxygen atoms in total. The Morgan fingerprint density at radius 3 is 2.47 bits per heavy atom. The zero-order valence-electron chi connectivity index (χ0n) is 12.2. The minimum Gasteiger partial charge on any atom is -0.495 e. The van der Waals surface area contributed by atoms with E-state index in [4.69, 9.17) is 10.5 Å². The van der Waals surface area contributed by atoms with Crippen LogP contribution in [0.25, 0.3) is 0 Å². The summed E-state index contributed by atoms with van der Waals surface area (Å²) in [5.41, 5.74) is 8.06. The molecule has 1 fully saturated rings. The summed E-state index contributed by atoms with van der Waals surface area (Å²) < 4.78 is 5.27. The highest BCUT2D eigenvalue weighted by molar-refractivity contribution is 5.58. The van der Waals surface area contributed by atoms with E-state index in [1.54, 1.807) is 7.11 Å². The molecule has 1 aliphatic rings. The van der Waals surface area contributed by atoms with Crippen molar-refractivity contribution in [1.82, 2.24) is 9.80 Å². The van der Waals surface area contributed by atoms with E-state index >= 15 is 0 Å². The molecule has 19 heavy (non-hydrogen) atoms. The average Bonchev–Trinajstić information content (AvgIpc) is 2.42. The highest BCUT2D eigenvalue weighted by Crippen LogP contribution is 2.26. The fraction of sp³-hybridized carbons (Fsp3) is 0.600. The number of piperazine rings is 1. The molecule has 2 rings (SSSR count). The van der Waals surface area contributed by atoms with Gasteiger partial charge >= 0.3 is 0 Å². The zero-order chi connectivity index (χ0) is 13.8. The maximum absolute atomic E-state index is 6.12. The molecule has 2 N–H and O–H groups in total. The van der Waals surface area contributed by atoms with Gasteiger partial charge in [0.05, 0.1) is 12.8 Å². The third kappa shape index (κ3) is 3.39. The average molecular weight is 263 g/mol. The van der Waals surface area contributed by atoms with Crippen LogP contribution < -0.4 is 10.5 Å². The van der Waals surface area contributed by atoms with Gasteiger partial charge < -0.3 is 10.5 Å². The highest BCUT2D eigenvalue weighted by atomic mass is 16.5. The predicted molar refractivity (Wildman–Crippen MR) is 79.4 cm³/mol. The SMILES string of the molecule is COc1cccc(CN2CCN(C(C)C)CC2)c1N. The Morgan fingerprint density at radius 2 is 1.89 bits per heavy atom. The number of methoxy groups -OCH3 is 1. The number of hydrogen-bond donors (Lipinski definition) is 1. The molecule has 106 valence electrons. The molecule has 0 atom stereocenters. The van der Waals surface area contributed by atoms with Crippen molar-refractivity contribution < 1.29 is 4.74 Å². The molecule has 0 aliphatic carbocycles. The highest BCUT2D eigenvalue weighted by Gasteiger charge is 2.19. The first-order valence-electron chi connectivity index (χ1n) is 6.99. The summed E-state index contributed by atoms with van der Waals surface area (Å²) >= 11 is 0. The summed E-state index contributed by atoms with van der Waals surface area (Å²) in [6.45, 7) is 9.92. The Hall–Kier alpha value is -1.26. The van der Waals surface area contributed by atoms with Gasteiger partial charge in [-0.2, -0.15) is 0 Å². The van der Waals surface area contributed by atoms with Crippen LogP contribution in [-0.4, -0.2) is 49.1 Å². The zero-order valence-corrected chi connectivity index (χ0v) is 12.2. The van der Waals surface area contributed by atoms with Crippen molar-refractivity contribution in [2.75, 3.05) is 39.0 Å². The van der Waals surface area contributed by atoms with Gasteiger partial charge in [-0.15, -0.1) is 0 Å². The van der Waals surface area contributed by atoms with Crippen molar-refractivity contribution >= 4 is 5.69 Å². The summed E-state index contributed by atoms with van der Waals surface area (Å²) in [5, 5.41) is 0. The minimum absolute atomic E-state index is 0.643. The molecular formula is C15H25N3O. The van der Waals surface area contributed by atoms with E-state index in [2.05, 4.69) is 29.7 Å². The first-order chi connectivity index (χ1) is 9.11. The summed E-state index contributed by atoms with van der Waals surface area (Å²) in [6, 6.07) is 6.65. The number of hydrogen-bond acceptors (Lipinski definition) is 4. The maximum atomic E-state index is 6.12. The van der Waals surface area contributed by atoms with Gasteiger partial charge in [-0.1, -0.05) is 12.1 Å². The quantitative estimate of drug-likeness (QED) is 0.841. The molecule has 0 saturated carbocycles. The van der Waals surface area contributed by atoms with Crippen LogP contribution in [0, 0.1) is 0 Å². The van der Waals surface area contributed by atoms with Gasteiger partial charge in [-0.05, 0) is 25.5 Å². The topological polar surface area (TPSA) is 41.7 Å². The molecule has 0 unspecified atom stereocenters. The number of nitrogen functional groups attached to an aromatic ring is 1. The van der Waals surface area contributed by atoms with Crippen LogP contribution in [0.1, 0.15) is 19.4 Å². The second-order valence-corrected chi connectivity index (χ2v) is 5.44. The predicted octanol–water partition coefficient (Wildman–Crippen LogP) is 1.80. The van der Waals surface area contributed by atoms with Crippen molar-refractivity contribution in [2.24, 2.45) is 0 Å². The van der Waals surface area contributed by atoms with Crippen LogP contribution in [0.3, 0.4) is 0 Å². The maximum Gasteiger partial charge on any atom is 0.142 e. The fourth-order valence-corrected chi connectivity index (χ4v) is 2.58. The summed E-state index contributed by atoms with van der Waals surface area (Å²) in [5.74, 6) is 0.776. The lowest BCUT2D eigenvalue weighted by Gasteiger charge is -2.37. The van der Waals surface area contributed by atoms with E-state index in [0.29, 0.717) is 6.04 Å². The minimum atomic E-state index is 0.643. The second-order valence-electron chi connectivity index (χ2n) is 5.44. The van der Waals surface area contributed by atoms with Crippen LogP contribution in [0.5, 0.6) is 5.75 Å². The molecule has 0 bridgehead atoms. The lowest BCUT2D eigenvalue weighted by Crippen LogP contribution is -2.48. The number of rotatable bonds is 4. The number of ether oxygens (including phenoxy) is 1. The van der Waals surface area contributed by atoms with Gasteiger partial charge in [-0.3, -0.25) is 9.80 Å². The molecular weight excluding hydrogens is 238 g/mol. The summed E-state index contributed by atoms with van der Waals surface area (Å²) in [6.07, 6.45) is 0. The number of benzene rings is 1. The molecule has 0 aromatic heterocycles. The molecule has 1 heterocycles. The van der Waals surface area contributed by atoms with Gasteiger partial charge in [0.1, 0.15) is 5.75 Å². The monoisotopic (exact) mass is 263 g/mol. The van der Waals surface area contributed by atoms with E-state index in [-0.39, 0.29) is 0 Å². The Bertz CT molecular complexity index is 412. The third-order valence-corrected chi connectivity index (χ3v) is 3.91. The summed E-state index contributed by atoms with van der Waals surface area (Å²) in [7, 11) is 1.66. The smallest absolute Gasteiger partial charge is 0.142 e. The molecule has 0 spiro atoms. The van der Waals surface area contributed by atoms with Crippen LogP contribution in [-0.2, 0) is 6.54 Å². The van der Waals surface area contributed by atoms with Crippen LogP contribution in [0.15, 0.2) is 18.2 Å². The lowest BCUT2D eigenvalue weighted by atomic mass is 10.1. The Labute approximate surface area is 116 Å². The van der Waals surface area contributed by atoms with Crippen LogP contribution in [0.4, 0.5) is 5.69 Å². The molecule has 1 aliphatic heterocycles.